The molecule has 1 N–H and O–H groups in total. The second-order valence-electron chi connectivity index (χ2n) is 5.51. The lowest BCUT2D eigenvalue weighted by molar-refractivity contribution is 0.101. The maximum Gasteiger partial charge on any atom is 0.272 e. The van der Waals surface area contributed by atoms with Crippen LogP contribution < -0.4 is 10.1 Å². The smallest absolute Gasteiger partial charge is 0.272 e. The largest absolute Gasteiger partial charge is 0.490 e. The summed E-state index contributed by atoms with van der Waals surface area (Å²) in [4.78, 5) is 12.2. The fourth-order valence-electron chi connectivity index (χ4n) is 2.74. The molecule has 1 amide bonds. The highest BCUT2D eigenvalue weighted by Crippen LogP contribution is 2.25. The molecule has 1 aliphatic rings. The summed E-state index contributed by atoms with van der Waals surface area (Å²) in [5, 5.41) is 2.91. The minimum absolute atomic E-state index is 0.111. The molecule has 3 rings (SSSR count). The van der Waals surface area contributed by atoms with Crippen LogP contribution >= 0.6 is 0 Å². The molecule has 110 valence electrons. The minimum atomic E-state index is -0.111. The second-order valence-corrected chi connectivity index (χ2v) is 5.51. The van der Waals surface area contributed by atoms with E-state index in [9.17, 15) is 4.79 Å². The van der Waals surface area contributed by atoms with Gasteiger partial charge in [0.1, 0.15) is 11.4 Å². The summed E-state index contributed by atoms with van der Waals surface area (Å²) in [5.41, 5.74) is 1.40. The van der Waals surface area contributed by atoms with E-state index in [0.717, 1.165) is 24.3 Å². The van der Waals surface area contributed by atoms with Crippen molar-refractivity contribution in [2.45, 2.75) is 31.8 Å². The fourth-order valence-corrected chi connectivity index (χ4v) is 2.74. The Kier molecular flexibility index (Phi) is 3.95. The highest BCUT2D eigenvalue weighted by atomic mass is 16.5. The molecule has 0 spiro atoms. The number of amides is 1. The third-order valence-electron chi connectivity index (χ3n) is 3.87. The number of anilines is 1. The molecule has 1 saturated carbocycles. The quantitative estimate of drug-likeness (QED) is 0.932. The summed E-state index contributed by atoms with van der Waals surface area (Å²) >= 11 is 0. The number of carbonyl (C=O) groups excluding carboxylic acids is 1. The van der Waals surface area contributed by atoms with Crippen LogP contribution in [0.25, 0.3) is 0 Å². The van der Waals surface area contributed by atoms with Crippen LogP contribution in [-0.4, -0.2) is 16.6 Å². The van der Waals surface area contributed by atoms with E-state index in [1.165, 1.54) is 12.8 Å². The maximum atomic E-state index is 12.2. The molecule has 0 aliphatic heterocycles. The summed E-state index contributed by atoms with van der Waals surface area (Å²) in [6.07, 6.45) is 6.92. The molecular weight excluding hydrogens is 264 g/mol. The Balaban J connectivity index is 1.68. The molecular formula is C17H20N2O2. The van der Waals surface area contributed by atoms with Gasteiger partial charge >= 0.3 is 0 Å². The number of hydrogen-bond donors (Lipinski definition) is 1. The number of rotatable bonds is 4. The topological polar surface area (TPSA) is 43.3 Å². The van der Waals surface area contributed by atoms with E-state index in [4.69, 9.17) is 4.74 Å². The van der Waals surface area contributed by atoms with Crippen molar-refractivity contribution in [3.63, 3.8) is 0 Å². The highest BCUT2D eigenvalue weighted by molar-refractivity contribution is 6.03. The molecule has 0 bridgehead atoms. The Hall–Kier alpha value is -2.23. The van der Waals surface area contributed by atoms with Crippen LogP contribution in [0.2, 0.25) is 0 Å². The van der Waals surface area contributed by atoms with Gasteiger partial charge in [0.05, 0.1) is 6.10 Å². The number of benzene rings is 1. The van der Waals surface area contributed by atoms with Gasteiger partial charge in [-0.05, 0) is 49.9 Å². The van der Waals surface area contributed by atoms with E-state index in [2.05, 4.69) is 5.32 Å². The first-order chi connectivity index (χ1) is 10.2. The molecule has 0 saturated heterocycles. The summed E-state index contributed by atoms with van der Waals surface area (Å²) in [6.45, 7) is 0. The van der Waals surface area contributed by atoms with E-state index in [1.807, 2.05) is 43.6 Å². The highest BCUT2D eigenvalue weighted by Gasteiger charge is 2.16. The number of nitrogens with zero attached hydrogens (tertiary/aromatic N) is 1. The normalized spacial score (nSPS) is 15.1. The van der Waals surface area contributed by atoms with Gasteiger partial charge in [-0.3, -0.25) is 4.79 Å². The molecule has 1 aromatic carbocycles. The molecule has 0 radical (unpaired) electrons. The summed E-state index contributed by atoms with van der Waals surface area (Å²) < 4.78 is 7.76. The lowest BCUT2D eigenvalue weighted by Gasteiger charge is -2.14. The molecule has 1 aliphatic carbocycles. The van der Waals surface area contributed by atoms with Gasteiger partial charge in [-0.25, -0.2) is 0 Å². The van der Waals surface area contributed by atoms with E-state index in [-0.39, 0.29) is 5.91 Å². The van der Waals surface area contributed by atoms with Gasteiger partial charge < -0.3 is 14.6 Å². The summed E-state index contributed by atoms with van der Waals surface area (Å²) in [6, 6.07) is 11.3. The lowest BCUT2D eigenvalue weighted by Crippen LogP contribution is -2.15. The summed E-state index contributed by atoms with van der Waals surface area (Å²) in [5.74, 6) is 0.715. The number of hydrogen-bond acceptors (Lipinski definition) is 2. The Morgan fingerprint density at radius 2 is 2.05 bits per heavy atom. The lowest BCUT2D eigenvalue weighted by atomic mass is 10.2. The molecule has 1 aromatic heterocycles. The SMILES string of the molecule is Cn1cccc1C(=O)Nc1cccc(OC2CCCC2)c1. The number of aryl methyl sites for hydroxylation is 1. The zero-order valence-corrected chi connectivity index (χ0v) is 12.2. The average Bonchev–Trinajstić information content (AvgIpc) is 3.10. The van der Waals surface area contributed by atoms with Crippen molar-refractivity contribution < 1.29 is 9.53 Å². The molecule has 1 fully saturated rings. The monoisotopic (exact) mass is 284 g/mol. The van der Waals surface area contributed by atoms with Crippen molar-refractivity contribution in [3.05, 3.63) is 48.3 Å². The van der Waals surface area contributed by atoms with Gasteiger partial charge in [0.25, 0.3) is 5.91 Å². The Morgan fingerprint density at radius 3 is 2.76 bits per heavy atom. The first-order valence-electron chi connectivity index (χ1n) is 7.42. The van der Waals surface area contributed by atoms with E-state index < -0.39 is 0 Å². The number of nitrogens with one attached hydrogen (secondary N) is 1. The number of aromatic nitrogens is 1. The van der Waals surface area contributed by atoms with Crippen molar-refractivity contribution in [3.8, 4) is 5.75 Å². The van der Waals surface area contributed by atoms with Gasteiger partial charge in [-0.15, -0.1) is 0 Å². The third kappa shape index (κ3) is 3.27. The van der Waals surface area contributed by atoms with Crippen LogP contribution in [0.1, 0.15) is 36.2 Å². The average molecular weight is 284 g/mol. The standard InChI is InChI=1S/C17H20N2O2/c1-19-11-5-10-16(19)17(20)18-13-6-4-9-15(12-13)21-14-7-2-3-8-14/h4-6,9-12,14H,2-3,7-8H2,1H3,(H,18,20). The van der Waals surface area contributed by atoms with Gasteiger partial charge in [0.2, 0.25) is 0 Å². The first-order valence-corrected chi connectivity index (χ1v) is 7.42. The zero-order chi connectivity index (χ0) is 14.7. The van der Waals surface area contributed by atoms with Gasteiger partial charge in [0, 0.05) is 25.0 Å². The van der Waals surface area contributed by atoms with Gasteiger partial charge in [0.15, 0.2) is 0 Å². The van der Waals surface area contributed by atoms with E-state index in [0.29, 0.717) is 11.8 Å². The van der Waals surface area contributed by atoms with Crippen LogP contribution in [0.5, 0.6) is 5.75 Å². The molecule has 2 aromatic rings. The van der Waals surface area contributed by atoms with Crippen molar-refractivity contribution in [2.75, 3.05) is 5.32 Å². The van der Waals surface area contributed by atoms with Crippen molar-refractivity contribution in [1.82, 2.24) is 4.57 Å². The first kappa shape index (κ1) is 13.7. The zero-order valence-electron chi connectivity index (χ0n) is 12.2. The van der Waals surface area contributed by atoms with Crippen molar-refractivity contribution in [1.29, 1.82) is 0 Å². The molecule has 21 heavy (non-hydrogen) atoms. The second kappa shape index (κ2) is 6.04. The van der Waals surface area contributed by atoms with Crippen LogP contribution in [0.15, 0.2) is 42.6 Å². The minimum Gasteiger partial charge on any atom is -0.490 e. The summed E-state index contributed by atoms with van der Waals surface area (Å²) in [7, 11) is 1.86. The molecule has 0 unspecified atom stereocenters. The Morgan fingerprint density at radius 1 is 1.24 bits per heavy atom. The van der Waals surface area contributed by atoms with Gasteiger partial charge in [-0.1, -0.05) is 6.07 Å². The predicted octanol–water partition coefficient (Wildman–Crippen LogP) is 3.60. The van der Waals surface area contributed by atoms with Crippen molar-refractivity contribution in [2.24, 2.45) is 7.05 Å². The maximum absolute atomic E-state index is 12.2. The van der Waals surface area contributed by atoms with Gasteiger partial charge in [-0.2, -0.15) is 0 Å². The van der Waals surface area contributed by atoms with Crippen LogP contribution in [0.3, 0.4) is 0 Å². The van der Waals surface area contributed by atoms with Crippen LogP contribution in [0.4, 0.5) is 5.69 Å². The Bertz CT molecular complexity index is 627. The molecule has 1 heterocycles. The van der Waals surface area contributed by atoms with Crippen LogP contribution in [-0.2, 0) is 7.05 Å². The van der Waals surface area contributed by atoms with Crippen LogP contribution in [0, 0.1) is 0 Å². The predicted molar refractivity (Wildman–Crippen MR) is 82.7 cm³/mol. The van der Waals surface area contributed by atoms with E-state index >= 15 is 0 Å². The number of carbonyl (C=O) groups is 1. The fraction of sp³-hybridized carbons (Fsp3) is 0.353. The van der Waals surface area contributed by atoms with E-state index in [1.54, 1.807) is 10.6 Å². The molecule has 4 nitrogen and oxygen atoms in total. The molecule has 0 atom stereocenters. The number of ether oxygens (including phenoxy) is 1. The molecule has 4 heteroatoms. The van der Waals surface area contributed by atoms with Crippen molar-refractivity contribution >= 4 is 11.6 Å². The Labute approximate surface area is 124 Å². The third-order valence-corrected chi connectivity index (χ3v) is 3.87.